The monoisotopic (exact) mass is 241 g/mol. The molecule has 2 rings (SSSR count). The number of halogens is 1. The van der Waals surface area contributed by atoms with E-state index in [-0.39, 0.29) is 0 Å². The molecule has 0 atom stereocenters. The zero-order valence-corrected chi connectivity index (χ0v) is 10.3. The van der Waals surface area contributed by atoms with Crippen LogP contribution in [0.15, 0.2) is 6.33 Å². The van der Waals surface area contributed by atoms with E-state index in [4.69, 9.17) is 11.6 Å². The van der Waals surface area contributed by atoms with Gasteiger partial charge in [-0.25, -0.2) is 15.0 Å². The number of thiazole rings is 1. The molecule has 3 nitrogen and oxygen atoms in total. The first-order valence-corrected chi connectivity index (χ1v) is 6.12. The van der Waals surface area contributed by atoms with Crippen molar-refractivity contribution in [1.82, 2.24) is 15.0 Å². The zero-order chi connectivity index (χ0) is 10.8. The second kappa shape index (κ2) is 4.41. The molecular formula is C10H12ClN3S. The summed E-state index contributed by atoms with van der Waals surface area (Å²) in [5, 5.41) is 1.55. The Morgan fingerprint density at radius 2 is 2.20 bits per heavy atom. The van der Waals surface area contributed by atoms with Crippen LogP contribution in [0.4, 0.5) is 0 Å². The van der Waals surface area contributed by atoms with E-state index in [1.54, 1.807) is 11.3 Å². The molecule has 15 heavy (non-hydrogen) atoms. The summed E-state index contributed by atoms with van der Waals surface area (Å²) in [6.45, 7) is 4.42. The van der Waals surface area contributed by atoms with Crippen LogP contribution >= 0.6 is 22.9 Å². The molecule has 0 aliphatic rings. The average molecular weight is 242 g/mol. The average Bonchev–Trinajstić information content (AvgIpc) is 2.59. The Morgan fingerprint density at radius 1 is 1.40 bits per heavy atom. The van der Waals surface area contributed by atoms with Crippen LogP contribution in [0.2, 0.25) is 5.15 Å². The predicted molar refractivity (Wildman–Crippen MR) is 63.4 cm³/mol. The van der Waals surface area contributed by atoms with Crippen LogP contribution < -0.4 is 0 Å². The summed E-state index contributed by atoms with van der Waals surface area (Å²) in [6.07, 6.45) is 3.62. The van der Waals surface area contributed by atoms with E-state index in [1.165, 1.54) is 6.33 Å². The second-order valence-corrected chi connectivity index (χ2v) is 5.28. The van der Waals surface area contributed by atoms with Crippen molar-refractivity contribution in [2.75, 3.05) is 0 Å². The highest BCUT2D eigenvalue weighted by Gasteiger charge is 2.09. The summed E-state index contributed by atoms with van der Waals surface area (Å²) in [4.78, 5) is 13.4. The van der Waals surface area contributed by atoms with Crippen molar-refractivity contribution < 1.29 is 0 Å². The summed E-state index contributed by atoms with van der Waals surface area (Å²) in [6, 6.07) is 0. The van der Waals surface area contributed by atoms with Crippen LogP contribution in [0.1, 0.15) is 25.3 Å². The molecule has 2 aromatic heterocycles. The number of aryl methyl sites for hydroxylation is 1. The molecule has 5 heteroatoms. The largest absolute Gasteiger partial charge is 0.236 e. The van der Waals surface area contributed by atoms with Gasteiger partial charge in [0.1, 0.15) is 16.7 Å². The van der Waals surface area contributed by atoms with Gasteiger partial charge in [0.2, 0.25) is 0 Å². The molecule has 0 bridgehead atoms. The topological polar surface area (TPSA) is 38.7 Å². The molecule has 2 heterocycles. The van der Waals surface area contributed by atoms with Crippen molar-refractivity contribution in [1.29, 1.82) is 0 Å². The van der Waals surface area contributed by atoms with Gasteiger partial charge in [-0.15, -0.1) is 0 Å². The van der Waals surface area contributed by atoms with Gasteiger partial charge < -0.3 is 0 Å². The van der Waals surface area contributed by atoms with Crippen molar-refractivity contribution in [3.63, 3.8) is 0 Å². The van der Waals surface area contributed by atoms with Crippen LogP contribution in [-0.4, -0.2) is 15.0 Å². The van der Waals surface area contributed by atoms with E-state index < -0.39 is 0 Å². The Labute approximate surface area is 97.5 Å². The third-order valence-corrected chi connectivity index (χ3v) is 3.43. The lowest BCUT2D eigenvalue weighted by atomic mass is 10.1. The summed E-state index contributed by atoms with van der Waals surface area (Å²) < 4.78 is 0. The summed E-state index contributed by atoms with van der Waals surface area (Å²) in [5.74, 6) is 0.693. The SMILES string of the molecule is CC(C)CCc1nc2c(Cl)ncnc2s1. The normalized spacial score (nSPS) is 11.5. The van der Waals surface area contributed by atoms with Crippen molar-refractivity contribution in [3.05, 3.63) is 16.5 Å². The number of rotatable bonds is 3. The van der Waals surface area contributed by atoms with Crippen LogP contribution in [0.25, 0.3) is 10.3 Å². The molecular weight excluding hydrogens is 230 g/mol. The number of hydrogen-bond donors (Lipinski definition) is 0. The first-order chi connectivity index (χ1) is 7.16. The Hall–Kier alpha value is -0.740. The number of fused-ring (bicyclic) bond motifs is 1. The molecule has 0 aliphatic heterocycles. The highest BCUT2D eigenvalue weighted by Crippen LogP contribution is 2.25. The molecule has 0 aliphatic carbocycles. The fourth-order valence-electron chi connectivity index (χ4n) is 1.29. The van der Waals surface area contributed by atoms with E-state index in [2.05, 4.69) is 28.8 Å². The summed E-state index contributed by atoms with van der Waals surface area (Å²) in [7, 11) is 0. The van der Waals surface area contributed by atoms with Crippen LogP contribution in [0.5, 0.6) is 0 Å². The van der Waals surface area contributed by atoms with Crippen LogP contribution in [0.3, 0.4) is 0 Å². The van der Waals surface area contributed by atoms with Gasteiger partial charge >= 0.3 is 0 Å². The van der Waals surface area contributed by atoms with Crippen molar-refractivity contribution in [2.24, 2.45) is 5.92 Å². The van der Waals surface area contributed by atoms with E-state index in [0.29, 0.717) is 11.1 Å². The van der Waals surface area contributed by atoms with Gasteiger partial charge in [-0.1, -0.05) is 36.8 Å². The van der Waals surface area contributed by atoms with E-state index in [0.717, 1.165) is 28.2 Å². The summed E-state index contributed by atoms with van der Waals surface area (Å²) >= 11 is 7.53. The maximum Gasteiger partial charge on any atom is 0.159 e. The molecule has 0 unspecified atom stereocenters. The van der Waals surface area contributed by atoms with Gasteiger partial charge in [0, 0.05) is 0 Å². The van der Waals surface area contributed by atoms with Gasteiger partial charge in [-0.3, -0.25) is 0 Å². The van der Waals surface area contributed by atoms with Crippen molar-refractivity contribution in [2.45, 2.75) is 26.7 Å². The minimum Gasteiger partial charge on any atom is -0.236 e. The minimum absolute atomic E-state index is 0.451. The van der Waals surface area contributed by atoms with Crippen LogP contribution in [-0.2, 0) is 6.42 Å². The lowest BCUT2D eigenvalue weighted by Crippen LogP contribution is -1.90. The zero-order valence-electron chi connectivity index (χ0n) is 8.70. The number of nitrogens with zero attached hydrogens (tertiary/aromatic N) is 3. The lowest BCUT2D eigenvalue weighted by Gasteiger charge is -1.99. The van der Waals surface area contributed by atoms with E-state index >= 15 is 0 Å². The Morgan fingerprint density at radius 3 is 2.87 bits per heavy atom. The molecule has 0 spiro atoms. The van der Waals surface area contributed by atoms with E-state index in [1.807, 2.05) is 0 Å². The highest BCUT2D eigenvalue weighted by molar-refractivity contribution is 7.18. The minimum atomic E-state index is 0.451. The second-order valence-electron chi connectivity index (χ2n) is 3.86. The first kappa shape index (κ1) is 10.8. The Bertz CT molecular complexity index is 467. The molecule has 0 amide bonds. The highest BCUT2D eigenvalue weighted by atomic mass is 35.5. The lowest BCUT2D eigenvalue weighted by molar-refractivity contribution is 0.586. The summed E-state index contributed by atoms with van der Waals surface area (Å²) in [5.41, 5.74) is 0.739. The predicted octanol–water partition coefficient (Wildman–Crippen LogP) is 3.33. The van der Waals surface area contributed by atoms with Gasteiger partial charge in [0.05, 0.1) is 5.01 Å². The van der Waals surface area contributed by atoms with Crippen molar-refractivity contribution in [3.8, 4) is 0 Å². The molecule has 0 N–H and O–H groups in total. The molecule has 0 fully saturated rings. The fraction of sp³-hybridized carbons (Fsp3) is 0.500. The van der Waals surface area contributed by atoms with Crippen molar-refractivity contribution >= 4 is 33.3 Å². The third kappa shape index (κ3) is 2.44. The van der Waals surface area contributed by atoms with Crippen LogP contribution in [0, 0.1) is 5.92 Å². The van der Waals surface area contributed by atoms with E-state index in [9.17, 15) is 0 Å². The maximum absolute atomic E-state index is 5.93. The third-order valence-electron chi connectivity index (χ3n) is 2.13. The van der Waals surface area contributed by atoms with Gasteiger partial charge in [0.15, 0.2) is 5.15 Å². The smallest absolute Gasteiger partial charge is 0.159 e. The molecule has 0 aromatic carbocycles. The molecule has 0 radical (unpaired) electrons. The maximum atomic E-state index is 5.93. The quantitative estimate of drug-likeness (QED) is 0.774. The fourth-order valence-corrected chi connectivity index (χ4v) is 2.44. The standard InChI is InChI=1S/C10H12ClN3S/c1-6(2)3-4-7-14-8-9(11)12-5-13-10(8)15-7/h5-6H,3-4H2,1-2H3. The number of hydrogen-bond acceptors (Lipinski definition) is 4. The Kier molecular flexibility index (Phi) is 3.17. The number of aromatic nitrogens is 3. The van der Waals surface area contributed by atoms with Gasteiger partial charge in [-0.05, 0) is 18.8 Å². The van der Waals surface area contributed by atoms with Gasteiger partial charge in [-0.2, -0.15) is 0 Å². The molecule has 80 valence electrons. The molecule has 0 saturated carbocycles. The molecule has 2 aromatic rings. The molecule has 0 saturated heterocycles. The first-order valence-electron chi connectivity index (χ1n) is 4.92. The Balaban J connectivity index is 2.27. The van der Waals surface area contributed by atoms with Gasteiger partial charge in [0.25, 0.3) is 0 Å².